The van der Waals surface area contributed by atoms with Gasteiger partial charge in [0.1, 0.15) is 0 Å². The highest BCUT2D eigenvalue weighted by Gasteiger charge is 2.60. The number of hydrogen-bond acceptors (Lipinski definition) is 8. The Kier molecular flexibility index (Phi) is 10.7. The van der Waals surface area contributed by atoms with Gasteiger partial charge in [-0.3, -0.25) is 9.59 Å². The molecule has 0 saturated heterocycles. The molecule has 10 nitrogen and oxygen atoms in total. The van der Waals surface area contributed by atoms with Crippen LogP contribution in [0.15, 0.2) is 0 Å². The van der Waals surface area contributed by atoms with Gasteiger partial charge < -0.3 is 29.6 Å². The lowest BCUT2D eigenvalue weighted by molar-refractivity contribution is -0.143. The summed E-state index contributed by atoms with van der Waals surface area (Å²) in [6.07, 6.45) is 6.98. The molecule has 2 bridgehead atoms. The second-order valence-electron chi connectivity index (χ2n) is 10.2. The van der Waals surface area contributed by atoms with Crippen molar-refractivity contribution in [2.45, 2.75) is 71.6 Å². The lowest BCUT2D eigenvalue weighted by Gasteiger charge is -2.37. The zero-order chi connectivity index (χ0) is 26.0. The molecule has 3 rings (SSSR count). The number of alkyl carbamates (subject to hydrolysis) is 2. The summed E-state index contributed by atoms with van der Waals surface area (Å²) in [5.41, 5.74) is 0.251. The first kappa shape index (κ1) is 28.1. The van der Waals surface area contributed by atoms with Crippen LogP contribution >= 0.6 is 0 Å². The summed E-state index contributed by atoms with van der Waals surface area (Å²) in [4.78, 5) is 46.6. The van der Waals surface area contributed by atoms with Crippen molar-refractivity contribution in [3.63, 3.8) is 0 Å². The van der Waals surface area contributed by atoms with Gasteiger partial charge in [0.15, 0.2) is 0 Å². The maximum Gasteiger partial charge on any atom is 0.407 e. The summed E-state index contributed by atoms with van der Waals surface area (Å²) in [5.74, 6) is 1.91. The molecule has 0 heterocycles. The van der Waals surface area contributed by atoms with Crippen molar-refractivity contribution < 1.29 is 38.1 Å². The van der Waals surface area contributed by atoms with Gasteiger partial charge in [0.2, 0.25) is 0 Å². The van der Waals surface area contributed by atoms with Crippen molar-refractivity contribution in [1.29, 1.82) is 0 Å². The average molecular weight is 511 g/mol. The average Bonchev–Trinajstić information content (AvgIpc) is 3.52. The van der Waals surface area contributed by atoms with Crippen LogP contribution in [0.3, 0.4) is 0 Å². The highest BCUT2D eigenvalue weighted by Crippen LogP contribution is 2.68. The maximum atomic E-state index is 12.0. The molecule has 36 heavy (non-hydrogen) atoms. The Bertz CT molecular complexity index is 775. The molecule has 3 saturated carbocycles. The molecule has 0 aliphatic heterocycles. The number of carbonyl (C=O) groups is 4. The van der Waals surface area contributed by atoms with Gasteiger partial charge in [-0.2, -0.15) is 0 Å². The van der Waals surface area contributed by atoms with Crippen molar-refractivity contribution in [3.8, 4) is 0 Å². The number of fused-ring (bicyclic) bond motifs is 5. The van der Waals surface area contributed by atoms with Gasteiger partial charge in [-0.15, -0.1) is 0 Å². The van der Waals surface area contributed by atoms with Crippen LogP contribution in [0.5, 0.6) is 0 Å². The Balaban J connectivity index is 1.33. The smallest absolute Gasteiger partial charge is 0.407 e. The van der Waals surface area contributed by atoms with E-state index in [0.29, 0.717) is 50.1 Å². The van der Waals surface area contributed by atoms with E-state index in [1.807, 2.05) is 0 Å². The number of rotatable bonds is 14. The monoisotopic (exact) mass is 510 g/mol. The van der Waals surface area contributed by atoms with E-state index in [0.717, 1.165) is 19.3 Å². The predicted molar refractivity (Wildman–Crippen MR) is 130 cm³/mol. The van der Waals surface area contributed by atoms with Gasteiger partial charge in [0, 0.05) is 13.1 Å². The van der Waals surface area contributed by atoms with Crippen molar-refractivity contribution in [2.24, 2.45) is 29.1 Å². The van der Waals surface area contributed by atoms with Crippen LogP contribution in [0.1, 0.15) is 71.6 Å². The largest absolute Gasteiger partial charge is 0.466 e. The molecule has 2 amide bonds. The molecule has 0 aromatic heterocycles. The molecule has 0 spiro atoms. The van der Waals surface area contributed by atoms with E-state index in [1.54, 1.807) is 13.8 Å². The Hall–Kier alpha value is -2.52. The Labute approximate surface area is 213 Å². The highest BCUT2D eigenvalue weighted by molar-refractivity contribution is 5.72. The van der Waals surface area contributed by atoms with Gasteiger partial charge in [0.25, 0.3) is 0 Å². The lowest BCUT2D eigenvalue weighted by Crippen LogP contribution is -2.33. The van der Waals surface area contributed by atoms with Crippen LogP contribution in [-0.2, 0) is 28.5 Å². The summed E-state index contributed by atoms with van der Waals surface area (Å²) >= 11 is 0. The molecular weight excluding hydrogens is 468 g/mol. The molecule has 3 aliphatic rings. The Morgan fingerprint density at radius 3 is 2.03 bits per heavy atom. The van der Waals surface area contributed by atoms with Crippen LogP contribution in [0.25, 0.3) is 0 Å². The van der Waals surface area contributed by atoms with Crippen molar-refractivity contribution >= 4 is 24.1 Å². The first-order valence-electron chi connectivity index (χ1n) is 13.5. The van der Waals surface area contributed by atoms with Crippen molar-refractivity contribution in [1.82, 2.24) is 10.6 Å². The normalized spacial score (nSPS) is 27.7. The van der Waals surface area contributed by atoms with E-state index in [-0.39, 0.29) is 43.3 Å². The van der Waals surface area contributed by atoms with Crippen LogP contribution in [-0.4, -0.2) is 63.6 Å². The molecule has 2 N–H and O–H groups in total. The fourth-order valence-corrected chi connectivity index (χ4v) is 6.90. The van der Waals surface area contributed by atoms with Gasteiger partial charge in [-0.25, -0.2) is 9.59 Å². The van der Waals surface area contributed by atoms with Gasteiger partial charge in [-0.1, -0.05) is 0 Å². The summed E-state index contributed by atoms with van der Waals surface area (Å²) in [5, 5.41) is 5.22. The Morgan fingerprint density at radius 2 is 1.42 bits per heavy atom. The van der Waals surface area contributed by atoms with E-state index in [2.05, 4.69) is 10.6 Å². The second-order valence-corrected chi connectivity index (χ2v) is 10.2. The van der Waals surface area contributed by atoms with E-state index in [9.17, 15) is 19.2 Å². The minimum atomic E-state index is -0.490. The van der Waals surface area contributed by atoms with Crippen molar-refractivity contribution in [2.75, 3.05) is 39.5 Å². The van der Waals surface area contributed by atoms with E-state index in [4.69, 9.17) is 18.9 Å². The number of carbonyl (C=O) groups excluding carboxylic acids is 4. The predicted octanol–water partition coefficient (Wildman–Crippen LogP) is 3.57. The first-order valence-corrected chi connectivity index (χ1v) is 13.5. The number of hydrogen-bond donors (Lipinski definition) is 2. The lowest BCUT2D eigenvalue weighted by atomic mass is 9.68. The first-order chi connectivity index (χ1) is 17.4. The topological polar surface area (TPSA) is 129 Å². The molecular formula is C26H42N2O8. The molecule has 5 atom stereocenters. The van der Waals surface area contributed by atoms with Gasteiger partial charge in [0.05, 0.1) is 39.3 Å². The van der Waals surface area contributed by atoms with Crippen LogP contribution in [0, 0.1) is 29.1 Å². The van der Waals surface area contributed by atoms with Crippen LogP contribution < -0.4 is 10.6 Å². The third-order valence-electron chi connectivity index (χ3n) is 8.23. The SMILES string of the molecule is CCOC(=O)CCNC(=O)OCCC1CCC2C1C1CCC2(CCOC(=O)NCCC(=O)OCC)C1. The molecule has 0 aromatic rings. The fourth-order valence-electron chi connectivity index (χ4n) is 6.90. The number of nitrogens with one attached hydrogen (secondary N) is 2. The number of ether oxygens (including phenoxy) is 4. The molecule has 10 heteroatoms. The number of esters is 2. The molecule has 3 fully saturated rings. The summed E-state index contributed by atoms with van der Waals surface area (Å²) in [6.45, 7) is 5.35. The molecule has 3 aliphatic carbocycles. The van der Waals surface area contributed by atoms with Crippen molar-refractivity contribution in [3.05, 3.63) is 0 Å². The molecule has 0 aromatic carbocycles. The summed E-state index contributed by atoms with van der Waals surface area (Å²) in [7, 11) is 0. The minimum absolute atomic E-state index is 0.137. The summed E-state index contributed by atoms with van der Waals surface area (Å²) < 4.78 is 20.5. The summed E-state index contributed by atoms with van der Waals surface area (Å²) in [6, 6.07) is 0. The molecule has 204 valence electrons. The third-order valence-corrected chi connectivity index (χ3v) is 8.23. The zero-order valence-corrected chi connectivity index (χ0v) is 21.7. The Morgan fingerprint density at radius 1 is 0.806 bits per heavy atom. The third kappa shape index (κ3) is 7.49. The van der Waals surface area contributed by atoms with Crippen LogP contribution in [0.4, 0.5) is 9.59 Å². The fraction of sp³-hybridized carbons (Fsp3) is 0.846. The molecule has 0 radical (unpaired) electrons. The highest BCUT2D eigenvalue weighted by atomic mass is 16.6. The maximum absolute atomic E-state index is 12.0. The quantitative estimate of drug-likeness (QED) is 0.268. The standard InChI is InChI=1S/C26H42N2O8/c1-3-33-21(29)8-13-27-24(31)35-15-10-18-5-6-20-23(18)19-7-11-26(20,17-19)12-16-36-25(32)28-14-9-22(30)34-4-2/h18-20,23H,3-17H2,1-2H3,(H,27,31)(H,28,32). The van der Waals surface area contributed by atoms with Gasteiger partial charge in [-0.05, 0) is 87.9 Å². The minimum Gasteiger partial charge on any atom is -0.466 e. The zero-order valence-electron chi connectivity index (χ0n) is 21.7. The number of amides is 2. The van der Waals surface area contributed by atoms with Gasteiger partial charge >= 0.3 is 24.1 Å². The van der Waals surface area contributed by atoms with E-state index in [1.165, 1.54) is 25.7 Å². The van der Waals surface area contributed by atoms with E-state index < -0.39 is 12.2 Å². The second kappa shape index (κ2) is 13.7. The van der Waals surface area contributed by atoms with E-state index >= 15 is 0 Å². The van der Waals surface area contributed by atoms with Crippen LogP contribution in [0.2, 0.25) is 0 Å². The molecule has 5 unspecified atom stereocenters.